The lowest BCUT2D eigenvalue weighted by Gasteiger charge is -2.36. The fourth-order valence-corrected chi connectivity index (χ4v) is 4.75. The smallest absolute Gasteiger partial charge is 0.493 e. The van der Waals surface area contributed by atoms with E-state index in [0.29, 0.717) is 18.3 Å². The fourth-order valence-electron chi connectivity index (χ4n) is 4.28. The molecular formula is C24H28F3NO6S. The quantitative estimate of drug-likeness (QED) is 0.279. The third-order valence-corrected chi connectivity index (χ3v) is 6.99. The Hall–Kier alpha value is -2.50. The van der Waals surface area contributed by atoms with Gasteiger partial charge in [0.05, 0.1) is 13.2 Å². The predicted molar refractivity (Wildman–Crippen MR) is 122 cm³/mol. The standard InChI is InChI=1S/C24H28F3NO6S/c25-24(26,27)35(29,30)33-13-5-12-31-20-8-3-6-18(14-20)19-7-4-11-28(15-19)16-21-17-32-22-9-1-2-10-23(22)34-21/h1-3,6,8-10,14,19,21H,4-5,7,11-13,15-17H2/t19-,21-/m0/s1. The number of hydrogen-bond acceptors (Lipinski definition) is 7. The molecular weight excluding hydrogens is 487 g/mol. The summed E-state index contributed by atoms with van der Waals surface area (Å²) < 4.78 is 80.2. The third kappa shape index (κ3) is 6.80. The maximum Gasteiger partial charge on any atom is 0.523 e. The highest BCUT2D eigenvalue weighted by Gasteiger charge is 2.47. The first-order valence-corrected chi connectivity index (χ1v) is 12.9. The lowest BCUT2D eigenvalue weighted by Crippen LogP contribution is -2.44. The van der Waals surface area contributed by atoms with Gasteiger partial charge in [0.15, 0.2) is 11.5 Å². The average Bonchev–Trinajstić information content (AvgIpc) is 2.83. The van der Waals surface area contributed by atoms with E-state index in [2.05, 4.69) is 9.08 Å². The molecule has 2 heterocycles. The molecule has 0 saturated carbocycles. The Labute approximate surface area is 202 Å². The van der Waals surface area contributed by atoms with Crippen molar-refractivity contribution in [3.8, 4) is 17.2 Å². The van der Waals surface area contributed by atoms with E-state index in [1.165, 1.54) is 0 Å². The predicted octanol–water partition coefficient (Wildman–Crippen LogP) is 4.34. The van der Waals surface area contributed by atoms with Gasteiger partial charge in [-0.3, -0.25) is 9.08 Å². The molecule has 7 nitrogen and oxygen atoms in total. The number of benzene rings is 2. The number of ether oxygens (including phenoxy) is 3. The van der Waals surface area contributed by atoms with E-state index >= 15 is 0 Å². The zero-order chi connectivity index (χ0) is 24.9. The van der Waals surface area contributed by atoms with Crippen LogP contribution < -0.4 is 14.2 Å². The normalized spacial score (nSPS) is 21.0. The molecule has 1 fully saturated rings. The van der Waals surface area contributed by atoms with Crippen LogP contribution in [0.4, 0.5) is 13.2 Å². The maximum absolute atomic E-state index is 12.3. The van der Waals surface area contributed by atoms with Crippen LogP contribution in [0.2, 0.25) is 0 Å². The number of para-hydroxylation sites is 2. The summed E-state index contributed by atoms with van der Waals surface area (Å²) in [4.78, 5) is 2.38. The Morgan fingerprint density at radius 1 is 1.06 bits per heavy atom. The monoisotopic (exact) mass is 515 g/mol. The molecule has 2 aromatic rings. The van der Waals surface area contributed by atoms with Gasteiger partial charge in [-0.25, -0.2) is 0 Å². The molecule has 192 valence electrons. The van der Waals surface area contributed by atoms with Crippen LogP contribution in [0.25, 0.3) is 0 Å². The molecule has 0 bridgehead atoms. The number of piperidine rings is 1. The topological polar surface area (TPSA) is 74.3 Å². The van der Waals surface area contributed by atoms with Crippen molar-refractivity contribution in [2.45, 2.75) is 36.8 Å². The van der Waals surface area contributed by atoms with Crippen molar-refractivity contribution in [3.05, 3.63) is 54.1 Å². The first-order valence-electron chi connectivity index (χ1n) is 11.5. The molecule has 0 aromatic heterocycles. The Kier molecular flexibility index (Phi) is 8.08. The largest absolute Gasteiger partial charge is 0.523 e. The molecule has 0 N–H and O–H groups in total. The van der Waals surface area contributed by atoms with Gasteiger partial charge in [-0.2, -0.15) is 21.6 Å². The number of likely N-dealkylation sites (tertiary alicyclic amines) is 1. The van der Waals surface area contributed by atoms with Gasteiger partial charge in [-0.1, -0.05) is 24.3 Å². The van der Waals surface area contributed by atoms with Crippen molar-refractivity contribution in [2.24, 2.45) is 0 Å². The van der Waals surface area contributed by atoms with Gasteiger partial charge < -0.3 is 14.2 Å². The van der Waals surface area contributed by atoms with E-state index < -0.39 is 22.2 Å². The fraction of sp³-hybridized carbons (Fsp3) is 0.500. The molecule has 2 aliphatic heterocycles. The van der Waals surface area contributed by atoms with Crippen molar-refractivity contribution in [2.75, 3.05) is 39.5 Å². The number of alkyl halides is 3. The Morgan fingerprint density at radius 2 is 1.86 bits per heavy atom. The van der Waals surface area contributed by atoms with Crippen LogP contribution in [-0.4, -0.2) is 64.4 Å². The molecule has 0 unspecified atom stereocenters. The molecule has 2 aliphatic rings. The molecule has 0 aliphatic carbocycles. The van der Waals surface area contributed by atoms with Crippen LogP contribution in [0, 0.1) is 0 Å². The molecule has 4 rings (SSSR count). The summed E-state index contributed by atoms with van der Waals surface area (Å²) in [5, 5.41) is 0. The molecule has 11 heteroatoms. The van der Waals surface area contributed by atoms with Gasteiger partial charge in [0.1, 0.15) is 18.5 Å². The SMILES string of the molecule is O=S(=O)(OCCCOc1cccc([C@H]2CCCN(C[C@H]3COc4ccccc4O3)C2)c1)C(F)(F)F. The van der Waals surface area contributed by atoms with Gasteiger partial charge >= 0.3 is 15.6 Å². The van der Waals surface area contributed by atoms with Crippen molar-refractivity contribution in [1.82, 2.24) is 4.90 Å². The average molecular weight is 516 g/mol. The first-order chi connectivity index (χ1) is 16.7. The first kappa shape index (κ1) is 25.6. The van der Waals surface area contributed by atoms with E-state index in [1.807, 2.05) is 42.5 Å². The van der Waals surface area contributed by atoms with Crippen LogP contribution in [-0.2, 0) is 14.3 Å². The second-order valence-electron chi connectivity index (χ2n) is 8.59. The summed E-state index contributed by atoms with van der Waals surface area (Å²) in [7, 11) is -5.57. The van der Waals surface area contributed by atoms with E-state index in [9.17, 15) is 21.6 Å². The molecule has 1 saturated heterocycles. The van der Waals surface area contributed by atoms with Crippen LogP contribution in [0.3, 0.4) is 0 Å². The number of hydrogen-bond donors (Lipinski definition) is 0. The maximum atomic E-state index is 12.3. The minimum Gasteiger partial charge on any atom is -0.493 e. The minimum atomic E-state index is -5.57. The zero-order valence-electron chi connectivity index (χ0n) is 19.1. The molecule has 0 radical (unpaired) electrons. The number of halogens is 3. The summed E-state index contributed by atoms with van der Waals surface area (Å²) in [6.07, 6.45) is 2.05. The number of fused-ring (bicyclic) bond motifs is 1. The summed E-state index contributed by atoms with van der Waals surface area (Å²) in [5.41, 5.74) is -4.30. The Balaban J connectivity index is 1.25. The van der Waals surface area contributed by atoms with E-state index in [4.69, 9.17) is 14.2 Å². The lowest BCUT2D eigenvalue weighted by molar-refractivity contribution is -0.0544. The Morgan fingerprint density at radius 3 is 2.66 bits per heavy atom. The molecule has 0 amide bonds. The van der Waals surface area contributed by atoms with E-state index in [-0.39, 0.29) is 19.1 Å². The third-order valence-electron chi connectivity index (χ3n) is 5.94. The van der Waals surface area contributed by atoms with Crippen molar-refractivity contribution in [1.29, 1.82) is 0 Å². The molecule has 0 spiro atoms. The highest BCUT2D eigenvalue weighted by molar-refractivity contribution is 7.87. The van der Waals surface area contributed by atoms with Gasteiger partial charge in [-0.05, 0) is 55.1 Å². The highest BCUT2D eigenvalue weighted by atomic mass is 32.2. The summed E-state index contributed by atoms with van der Waals surface area (Å²) in [5.74, 6) is 2.43. The number of rotatable bonds is 9. The van der Waals surface area contributed by atoms with Gasteiger partial charge in [0, 0.05) is 19.5 Å². The second-order valence-corrected chi connectivity index (χ2v) is 10.2. The minimum absolute atomic E-state index is 0.00331. The van der Waals surface area contributed by atoms with Gasteiger partial charge in [0.2, 0.25) is 0 Å². The van der Waals surface area contributed by atoms with Crippen molar-refractivity contribution < 1.29 is 40.0 Å². The summed E-state index contributed by atoms with van der Waals surface area (Å²) in [6, 6.07) is 15.3. The molecule has 2 aromatic carbocycles. The summed E-state index contributed by atoms with van der Waals surface area (Å²) >= 11 is 0. The lowest BCUT2D eigenvalue weighted by atomic mass is 9.90. The van der Waals surface area contributed by atoms with Crippen molar-refractivity contribution in [3.63, 3.8) is 0 Å². The van der Waals surface area contributed by atoms with E-state index in [1.54, 1.807) is 6.07 Å². The van der Waals surface area contributed by atoms with Crippen LogP contribution in [0.15, 0.2) is 48.5 Å². The highest BCUT2D eigenvalue weighted by Crippen LogP contribution is 2.33. The second kappa shape index (κ2) is 11.0. The number of nitrogens with zero attached hydrogens (tertiary/aromatic N) is 1. The van der Waals surface area contributed by atoms with Crippen LogP contribution >= 0.6 is 0 Å². The Bertz CT molecular complexity index is 1090. The van der Waals surface area contributed by atoms with Gasteiger partial charge in [0.25, 0.3) is 0 Å². The summed E-state index contributed by atoms with van der Waals surface area (Å²) in [6.45, 7) is 2.56. The zero-order valence-corrected chi connectivity index (χ0v) is 19.9. The molecule has 35 heavy (non-hydrogen) atoms. The van der Waals surface area contributed by atoms with Crippen LogP contribution in [0.5, 0.6) is 17.2 Å². The molecule has 2 atom stereocenters. The van der Waals surface area contributed by atoms with E-state index in [0.717, 1.165) is 49.5 Å². The van der Waals surface area contributed by atoms with Gasteiger partial charge in [-0.15, -0.1) is 0 Å². The van der Waals surface area contributed by atoms with Crippen molar-refractivity contribution >= 4 is 10.1 Å². The van der Waals surface area contributed by atoms with Crippen LogP contribution in [0.1, 0.15) is 30.7 Å².